The average molecular weight is 485 g/mol. The van der Waals surface area contributed by atoms with E-state index in [2.05, 4.69) is 0 Å². The van der Waals surface area contributed by atoms with E-state index in [0.29, 0.717) is 62.7 Å². The average Bonchev–Trinajstić information content (AvgIpc) is 3.07. The summed E-state index contributed by atoms with van der Waals surface area (Å²) >= 11 is 0. The number of piperidine rings is 1. The number of hydrogen-bond acceptors (Lipinski definition) is 6. The van der Waals surface area contributed by atoms with E-state index >= 15 is 0 Å². The molecule has 0 radical (unpaired) electrons. The Hall–Kier alpha value is -3.03. The summed E-state index contributed by atoms with van der Waals surface area (Å²) in [5.41, 5.74) is -0.0382. The van der Waals surface area contributed by atoms with Crippen LogP contribution in [-0.4, -0.2) is 58.1 Å². The molecule has 0 bridgehead atoms. The summed E-state index contributed by atoms with van der Waals surface area (Å²) < 4.78 is 5.89. The molecule has 0 saturated carbocycles. The molecular weight excluding hydrogens is 448 g/mol. The van der Waals surface area contributed by atoms with Crippen LogP contribution in [0.3, 0.4) is 0 Å². The number of fused-ring (bicyclic) bond motifs is 1. The van der Waals surface area contributed by atoms with Crippen LogP contribution in [0.5, 0.6) is 0 Å². The van der Waals surface area contributed by atoms with Crippen LogP contribution in [0.2, 0.25) is 0 Å². The maximum Gasteiger partial charge on any atom is 0.308 e. The number of unbranched alkanes of at least 4 members (excludes halogenated alkanes) is 2. The number of carbonyl (C=O) groups is 5. The van der Waals surface area contributed by atoms with E-state index in [-0.39, 0.29) is 36.3 Å². The first kappa shape index (κ1) is 26.6. The van der Waals surface area contributed by atoms with Gasteiger partial charge in [-0.05, 0) is 44.7 Å². The van der Waals surface area contributed by atoms with Gasteiger partial charge in [-0.2, -0.15) is 0 Å². The quantitative estimate of drug-likeness (QED) is 0.250. The lowest BCUT2D eigenvalue weighted by atomic mass is 9.92. The van der Waals surface area contributed by atoms with Crippen molar-refractivity contribution in [2.45, 2.75) is 90.2 Å². The van der Waals surface area contributed by atoms with E-state index in [1.807, 2.05) is 6.92 Å². The van der Waals surface area contributed by atoms with Gasteiger partial charge in [0.2, 0.25) is 5.91 Å². The largest absolute Gasteiger partial charge is 0.439 e. The minimum absolute atomic E-state index is 0.0284. The van der Waals surface area contributed by atoms with Gasteiger partial charge in [-0.25, -0.2) is 0 Å². The van der Waals surface area contributed by atoms with Crippen LogP contribution in [0.25, 0.3) is 0 Å². The first-order valence-electron chi connectivity index (χ1n) is 12.8. The molecule has 1 aromatic carbocycles. The van der Waals surface area contributed by atoms with Crippen LogP contribution in [0.15, 0.2) is 24.3 Å². The Bertz CT molecular complexity index is 935. The molecule has 0 N–H and O–H groups in total. The second-order valence-electron chi connectivity index (χ2n) is 9.49. The fourth-order valence-electron chi connectivity index (χ4n) is 5.01. The zero-order valence-electron chi connectivity index (χ0n) is 20.8. The third-order valence-corrected chi connectivity index (χ3v) is 6.77. The van der Waals surface area contributed by atoms with E-state index in [4.69, 9.17) is 4.74 Å². The van der Waals surface area contributed by atoms with Crippen molar-refractivity contribution in [1.82, 2.24) is 9.80 Å². The molecule has 0 aliphatic carbocycles. The van der Waals surface area contributed by atoms with Crippen molar-refractivity contribution in [1.29, 1.82) is 0 Å². The molecule has 0 spiro atoms. The predicted octanol–water partition coefficient (Wildman–Crippen LogP) is 4.26. The molecule has 1 aromatic rings. The molecule has 1 atom stereocenters. The van der Waals surface area contributed by atoms with Crippen LogP contribution < -0.4 is 0 Å². The van der Waals surface area contributed by atoms with Gasteiger partial charge in [0.15, 0.2) is 5.72 Å². The number of likely N-dealkylation sites (tertiary alicyclic amines) is 1. The number of ether oxygens (including phenoxy) is 1. The van der Waals surface area contributed by atoms with Crippen molar-refractivity contribution < 1.29 is 28.7 Å². The van der Waals surface area contributed by atoms with Gasteiger partial charge in [0.25, 0.3) is 11.8 Å². The fraction of sp³-hybridized carbons (Fsp3) is 0.593. The second-order valence-corrected chi connectivity index (χ2v) is 9.49. The van der Waals surface area contributed by atoms with Gasteiger partial charge >= 0.3 is 5.97 Å². The summed E-state index contributed by atoms with van der Waals surface area (Å²) in [7, 11) is 0. The molecule has 35 heavy (non-hydrogen) atoms. The molecule has 190 valence electrons. The number of ketones is 1. The number of benzene rings is 1. The molecule has 2 heterocycles. The van der Waals surface area contributed by atoms with Crippen molar-refractivity contribution in [3.8, 4) is 0 Å². The SMILES string of the molecule is CCCC1(OC(=O)CCC(C)=O)CCCCN1C(=O)CCCCCN1C(=O)c2ccccc2C1=O. The number of amides is 3. The van der Waals surface area contributed by atoms with Crippen LogP contribution in [0, 0.1) is 0 Å². The molecule has 3 amide bonds. The number of nitrogens with zero attached hydrogens (tertiary/aromatic N) is 2. The second kappa shape index (κ2) is 12.1. The molecule has 1 unspecified atom stereocenters. The van der Waals surface area contributed by atoms with Crippen LogP contribution >= 0.6 is 0 Å². The Balaban J connectivity index is 1.51. The zero-order chi connectivity index (χ0) is 25.4. The predicted molar refractivity (Wildman–Crippen MR) is 129 cm³/mol. The smallest absolute Gasteiger partial charge is 0.308 e. The highest BCUT2D eigenvalue weighted by Gasteiger charge is 2.44. The first-order chi connectivity index (χ1) is 16.8. The maximum atomic E-state index is 13.2. The minimum Gasteiger partial charge on any atom is -0.439 e. The number of carbonyl (C=O) groups excluding carboxylic acids is 5. The van der Waals surface area contributed by atoms with E-state index < -0.39 is 11.7 Å². The third-order valence-electron chi connectivity index (χ3n) is 6.77. The Kier molecular flexibility index (Phi) is 9.18. The molecule has 2 aliphatic rings. The first-order valence-corrected chi connectivity index (χ1v) is 12.8. The third kappa shape index (κ3) is 6.35. The lowest BCUT2D eigenvalue weighted by Gasteiger charge is -2.46. The molecule has 2 aliphatic heterocycles. The van der Waals surface area contributed by atoms with E-state index in [1.54, 1.807) is 29.2 Å². The summed E-state index contributed by atoms with van der Waals surface area (Å²) in [6, 6.07) is 6.84. The van der Waals surface area contributed by atoms with Gasteiger partial charge in [0.05, 0.1) is 17.5 Å². The summed E-state index contributed by atoms with van der Waals surface area (Å²) in [6.07, 6.45) is 6.13. The van der Waals surface area contributed by atoms with Gasteiger partial charge in [0, 0.05) is 38.8 Å². The lowest BCUT2D eigenvalue weighted by molar-refractivity contribution is -0.200. The highest BCUT2D eigenvalue weighted by Crippen LogP contribution is 2.35. The van der Waals surface area contributed by atoms with Crippen LogP contribution in [0.1, 0.15) is 105 Å². The molecule has 1 fully saturated rings. The highest BCUT2D eigenvalue weighted by molar-refractivity contribution is 6.21. The lowest BCUT2D eigenvalue weighted by Crippen LogP contribution is -2.57. The maximum absolute atomic E-state index is 13.2. The molecule has 1 saturated heterocycles. The Morgan fingerprint density at radius 1 is 0.943 bits per heavy atom. The summed E-state index contributed by atoms with van der Waals surface area (Å²) in [5, 5.41) is 0. The highest BCUT2D eigenvalue weighted by atomic mass is 16.6. The number of imide groups is 1. The van der Waals surface area contributed by atoms with Gasteiger partial charge in [-0.1, -0.05) is 31.9 Å². The summed E-state index contributed by atoms with van der Waals surface area (Å²) in [6.45, 7) is 4.33. The topological polar surface area (TPSA) is 101 Å². The monoisotopic (exact) mass is 484 g/mol. The number of rotatable bonds is 12. The Morgan fingerprint density at radius 3 is 2.26 bits per heavy atom. The summed E-state index contributed by atoms with van der Waals surface area (Å²) in [4.78, 5) is 64.8. The molecule has 8 heteroatoms. The number of esters is 1. The molecular formula is C27H36N2O6. The van der Waals surface area contributed by atoms with Crippen molar-refractivity contribution in [2.75, 3.05) is 13.1 Å². The van der Waals surface area contributed by atoms with Gasteiger partial charge in [-0.15, -0.1) is 0 Å². The van der Waals surface area contributed by atoms with Crippen molar-refractivity contribution in [3.05, 3.63) is 35.4 Å². The standard InChI is InChI=1S/C27H36N2O6/c1-3-16-27(35-24(32)15-14-20(2)30)17-8-10-19-29(27)23(31)13-5-4-9-18-28-25(33)21-11-6-7-12-22(21)26(28)34/h6-7,11-12H,3-5,8-10,13-19H2,1-2H3. The number of hydrogen-bond donors (Lipinski definition) is 0. The van der Waals surface area contributed by atoms with Crippen LogP contribution in [-0.2, 0) is 19.1 Å². The molecule has 3 rings (SSSR count). The van der Waals surface area contributed by atoms with E-state index in [0.717, 1.165) is 19.3 Å². The van der Waals surface area contributed by atoms with E-state index in [1.165, 1.54) is 11.8 Å². The fourth-order valence-corrected chi connectivity index (χ4v) is 5.01. The minimum atomic E-state index is -0.932. The van der Waals surface area contributed by atoms with Crippen LogP contribution in [0.4, 0.5) is 0 Å². The van der Waals surface area contributed by atoms with Gasteiger partial charge in [0.1, 0.15) is 5.78 Å². The van der Waals surface area contributed by atoms with Gasteiger partial charge < -0.3 is 14.4 Å². The van der Waals surface area contributed by atoms with Crippen molar-refractivity contribution >= 4 is 29.5 Å². The number of Topliss-reactive ketones (excluding diaryl/α,β-unsaturated/α-hetero) is 1. The Labute approximate surface area is 207 Å². The molecule has 0 aromatic heterocycles. The zero-order valence-corrected chi connectivity index (χ0v) is 20.8. The van der Waals surface area contributed by atoms with E-state index in [9.17, 15) is 24.0 Å². The normalized spacial score (nSPS) is 19.6. The molecule has 8 nitrogen and oxygen atoms in total. The summed E-state index contributed by atoms with van der Waals surface area (Å²) in [5.74, 6) is -1.06. The Morgan fingerprint density at radius 2 is 1.63 bits per heavy atom. The van der Waals surface area contributed by atoms with Gasteiger partial charge in [-0.3, -0.25) is 24.1 Å². The van der Waals surface area contributed by atoms with Crippen molar-refractivity contribution in [2.24, 2.45) is 0 Å². The van der Waals surface area contributed by atoms with Crippen molar-refractivity contribution in [3.63, 3.8) is 0 Å².